The van der Waals surface area contributed by atoms with Gasteiger partial charge in [0.05, 0.1) is 9.79 Å². The Morgan fingerprint density at radius 2 is 1.34 bits per heavy atom. The standard InChI is InChI=1S/C19H20N2O4S4/c22-28(23,20-15-5-6-15)18-7-9-19(10-8-18)29(24,25)21(13-16-3-1-11-26-16)14-17-4-2-12-27-17/h1-4,7-12,15,20H,5-6,13-14H2. The Kier molecular flexibility index (Phi) is 5.92. The highest BCUT2D eigenvalue weighted by atomic mass is 32.2. The molecule has 1 aromatic carbocycles. The summed E-state index contributed by atoms with van der Waals surface area (Å²) in [4.78, 5) is 2.04. The first-order valence-electron chi connectivity index (χ1n) is 9.02. The zero-order valence-electron chi connectivity index (χ0n) is 15.4. The highest BCUT2D eigenvalue weighted by Gasteiger charge is 2.29. The van der Waals surface area contributed by atoms with E-state index in [4.69, 9.17) is 0 Å². The van der Waals surface area contributed by atoms with E-state index < -0.39 is 20.0 Å². The summed E-state index contributed by atoms with van der Waals surface area (Å²) in [6.45, 7) is 0.530. The second-order valence-corrected chi connectivity index (χ2v) is 12.5. The predicted octanol–water partition coefficient (Wildman–Crippen LogP) is 3.64. The Bertz CT molecular complexity index is 1110. The summed E-state index contributed by atoms with van der Waals surface area (Å²) in [5, 5.41) is 3.83. The molecule has 1 fully saturated rings. The number of rotatable bonds is 9. The first-order chi connectivity index (χ1) is 13.8. The SMILES string of the molecule is O=S(=O)(NC1CC1)c1ccc(S(=O)(=O)N(Cc2cccs2)Cc2cccs2)cc1. The summed E-state index contributed by atoms with van der Waals surface area (Å²) < 4.78 is 55.3. The second kappa shape index (κ2) is 8.29. The van der Waals surface area contributed by atoms with Gasteiger partial charge in [-0.25, -0.2) is 21.6 Å². The van der Waals surface area contributed by atoms with Gasteiger partial charge in [0, 0.05) is 28.9 Å². The molecular weight excluding hydrogens is 448 g/mol. The number of hydrogen-bond acceptors (Lipinski definition) is 6. The first kappa shape index (κ1) is 20.7. The normalized spacial score (nSPS) is 15.1. The molecule has 0 radical (unpaired) electrons. The van der Waals surface area contributed by atoms with E-state index in [1.54, 1.807) is 0 Å². The van der Waals surface area contributed by atoms with Crippen LogP contribution in [0.2, 0.25) is 0 Å². The molecule has 0 unspecified atom stereocenters. The van der Waals surface area contributed by atoms with Gasteiger partial charge in [0.1, 0.15) is 0 Å². The van der Waals surface area contributed by atoms with E-state index in [1.165, 1.54) is 51.2 Å². The highest BCUT2D eigenvalue weighted by Crippen LogP contribution is 2.26. The lowest BCUT2D eigenvalue weighted by molar-refractivity contribution is 0.407. The third-order valence-electron chi connectivity index (χ3n) is 4.50. The molecule has 1 aliphatic rings. The Hall–Kier alpha value is -1.56. The van der Waals surface area contributed by atoms with Gasteiger partial charge in [-0.1, -0.05) is 12.1 Å². The molecule has 0 aliphatic heterocycles. The number of hydrogen-bond donors (Lipinski definition) is 1. The summed E-state index contributed by atoms with van der Waals surface area (Å²) in [6, 6.07) is 13.0. The molecule has 29 heavy (non-hydrogen) atoms. The van der Waals surface area contributed by atoms with Crippen molar-refractivity contribution in [3.63, 3.8) is 0 Å². The van der Waals surface area contributed by atoms with Gasteiger partial charge in [0.2, 0.25) is 20.0 Å². The van der Waals surface area contributed by atoms with E-state index in [9.17, 15) is 16.8 Å². The van der Waals surface area contributed by atoms with Gasteiger partial charge in [-0.15, -0.1) is 22.7 Å². The van der Waals surface area contributed by atoms with Crippen molar-refractivity contribution in [1.29, 1.82) is 0 Å². The summed E-state index contributed by atoms with van der Waals surface area (Å²) >= 11 is 3.00. The van der Waals surface area contributed by atoms with Crippen molar-refractivity contribution >= 4 is 42.7 Å². The van der Waals surface area contributed by atoms with Crippen molar-refractivity contribution in [2.24, 2.45) is 0 Å². The average Bonchev–Trinajstić information content (AvgIpc) is 3.12. The van der Waals surface area contributed by atoms with Crippen LogP contribution in [-0.4, -0.2) is 27.2 Å². The third kappa shape index (κ3) is 4.96. The molecule has 1 saturated carbocycles. The Balaban J connectivity index is 1.60. The quantitative estimate of drug-likeness (QED) is 0.520. The van der Waals surface area contributed by atoms with Gasteiger partial charge in [-0.3, -0.25) is 0 Å². The lowest BCUT2D eigenvalue weighted by atomic mass is 10.4. The first-order valence-corrected chi connectivity index (χ1v) is 13.7. The van der Waals surface area contributed by atoms with Gasteiger partial charge >= 0.3 is 0 Å². The molecular formula is C19H20N2O4S4. The predicted molar refractivity (Wildman–Crippen MR) is 115 cm³/mol. The molecule has 0 spiro atoms. The monoisotopic (exact) mass is 468 g/mol. The van der Waals surface area contributed by atoms with Crippen molar-refractivity contribution in [3.8, 4) is 0 Å². The topological polar surface area (TPSA) is 83.5 Å². The minimum absolute atomic E-state index is 0.00417. The highest BCUT2D eigenvalue weighted by molar-refractivity contribution is 7.89. The third-order valence-corrected chi connectivity index (χ3v) is 9.56. The number of nitrogens with zero attached hydrogens (tertiary/aromatic N) is 1. The minimum atomic E-state index is -3.79. The smallest absolute Gasteiger partial charge is 0.208 e. The van der Waals surface area contributed by atoms with E-state index in [0.717, 1.165) is 22.6 Å². The van der Waals surface area contributed by atoms with Gasteiger partial charge < -0.3 is 0 Å². The Morgan fingerprint density at radius 3 is 1.79 bits per heavy atom. The number of sulfonamides is 2. The lowest BCUT2D eigenvalue weighted by Crippen LogP contribution is -2.30. The van der Waals surface area contributed by atoms with Crippen molar-refractivity contribution < 1.29 is 16.8 Å². The van der Waals surface area contributed by atoms with E-state index in [1.807, 2.05) is 35.0 Å². The average molecular weight is 469 g/mol. The minimum Gasteiger partial charge on any atom is -0.208 e. The zero-order valence-corrected chi connectivity index (χ0v) is 18.7. The molecule has 2 aromatic heterocycles. The van der Waals surface area contributed by atoms with Crippen LogP contribution in [0.4, 0.5) is 0 Å². The van der Waals surface area contributed by atoms with Crippen molar-refractivity contribution in [2.75, 3.05) is 0 Å². The summed E-state index contributed by atoms with van der Waals surface area (Å²) in [6.07, 6.45) is 1.68. The molecule has 1 N–H and O–H groups in total. The lowest BCUT2D eigenvalue weighted by Gasteiger charge is -2.21. The summed E-state index contributed by atoms with van der Waals surface area (Å²) in [7, 11) is -7.41. The molecule has 0 bridgehead atoms. The second-order valence-electron chi connectivity index (χ2n) is 6.80. The van der Waals surface area contributed by atoms with Crippen LogP contribution in [0.1, 0.15) is 22.6 Å². The molecule has 154 valence electrons. The van der Waals surface area contributed by atoms with Crippen LogP contribution in [0, 0.1) is 0 Å². The van der Waals surface area contributed by atoms with Crippen molar-refractivity contribution in [1.82, 2.24) is 9.03 Å². The molecule has 0 saturated heterocycles. The van der Waals surface area contributed by atoms with Crippen LogP contribution in [-0.2, 0) is 33.1 Å². The van der Waals surface area contributed by atoms with Crippen molar-refractivity contribution in [3.05, 3.63) is 69.0 Å². The van der Waals surface area contributed by atoms with E-state index in [2.05, 4.69) is 4.72 Å². The Labute approximate surface area is 178 Å². The molecule has 0 atom stereocenters. The van der Waals surface area contributed by atoms with Crippen LogP contribution in [0.15, 0.2) is 69.1 Å². The fourth-order valence-electron chi connectivity index (χ4n) is 2.81. The molecule has 0 amide bonds. The van der Waals surface area contributed by atoms with Gasteiger partial charge in [0.25, 0.3) is 0 Å². The van der Waals surface area contributed by atoms with Crippen LogP contribution >= 0.6 is 22.7 Å². The summed E-state index contributed by atoms with van der Waals surface area (Å²) in [5.41, 5.74) is 0. The van der Waals surface area contributed by atoms with Crippen LogP contribution in [0.5, 0.6) is 0 Å². The molecule has 1 aliphatic carbocycles. The maximum Gasteiger partial charge on any atom is 0.243 e. The number of benzene rings is 1. The molecule has 10 heteroatoms. The number of thiophene rings is 2. The van der Waals surface area contributed by atoms with Crippen LogP contribution in [0.3, 0.4) is 0 Å². The van der Waals surface area contributed by atoms with E-state index >= 15 is 0 Å². The largest absolute Gasteiger partial charge is 0.243 e. The van der Waals surface area contributed by atoms with Gasteiger partial charge in [0.15, 0.2) is 0 Å². The van der Waals surface area contributed by atoms with Crippen LogP contribution in [0.25, 0.3) is 0 Å². The van der Waals surface area contributed by atoms with Crippen LogP contribution < -0.4 is 4.72 Å². The Morgan fingerprint density at radius 1 is 0.828 bits per heavy atom. The molecule has 6 nitrogen and oxygen atoms in total. The van der Waals surface area contributed by atoms with Crippen molar-refractivity contribution in [2.45, 2.75) is 41.8 Å². The van der Waals surface area contributed by atoms with Gasteiger partial charge in [-0.05, 0) is 60.0 Å². The summed E-state index contributed by atoms with van der Waals surface area (Å²) in [5.74, 6) is 0. The van der Waals surface area contributed by atoms with Gasteiger partial charge in [-0.2, -0.15) is 4.31 Å². The maximum atomic E-state index is 13.3. The molecule has 3 aromatic rings. The van der Waals surface area contributed by atoms with E-state index in [-0.39, 0.29) is 28.9 Å². The van der Waals surface area contributed by atoms with E-state index in [0.29, 0.717) is 0 Å². The number of nitrogens with one attached hydrogen (secondary N) is 1. The maximum absolute atomic E-state index is 13.3. The zero-order chi connectivity index (χ0) is 20.5. The fraction of sp³-hybridized carbons (Fsp3) is 0.263. The molecule has 4 rings (SSSR count). The fourth-order valence-corrected chi connectivity index (χ4v) is 7.11. The molecule has 2 heterocycles.